The molecular weight excluding hydrogens is 469 g/mol. The van der Waals surface area contributed by atoms with Crippen molar-refractivity contribution in [3.8, 4) is 5.75 Å². The number of ether oxygens (including phenoxy) is 3. The Morgan fingerprint density at radius 2 is 1.94 bits per heavy atom. The maximum absolute atomic E-state index is 13.3. The number of urea groups is 1. The number of aromatic nitrogens is 1. The molecule has 1 aromatic carbocycles. The van der Waals surface area contributed by atoms with E-state index < -0.39 is 18.4 Å². The van der Waals surface area contributed by atoms with Crippen LogP contribution >= 0.6 is 0 Å². The maximum Gasteiger partial charge on any atom is 0.573 e. The van der Waals surface area contributed by atoms with Gasteiger partial charge in [-0.25, -0.2) is 9.78 Å². The van der Waals surface area contributed by atoms with E-state index in [1.165, 1.54) is 24.1 Å². The van der Waals surface area contributed by atoms with E-state index >= 15 is 0 Å². The summed E-state index contributed by atoms with van der Waals surface area (Å²) >= 11 is 0. The standard InChI is InChI=1S/C23H25F3N4O5/c1-33-13-19(14-2-4-16(5-3-14)35-23(24,25)26)29-22(32)30-12-20(31)27-18-7-6-17(28-21(18)30)15-8-10-34-11-9-15/h2-7,15,19H,8-13H2,1H3,(H,27,31)(H,29,32). The lowest BCUT2D eigenvalue weighted by molar-refractivity contribution is -0.274. The molecule has 12 heteroatoms. The Kier molecular flexibility index (Phi) is 7.41. The Balaban J connectivity index is 1.54. The number of benzene rings is 1. The average Bonchev–Trinajstić information content (AvgIpc) is 2.83. The number of nitrogens with zero attached hydrogens (tertiary/aromatic N) is 2. The van der Waals surface area contributed by atoms with E-state index in [1.807, 2.05) is 6.07 Å². The minimum Gasteiger partial charge on any atom is -0.406 e. The first kappa shape index (κ1) is 24.7. The first-order valence-corrected chi connectivity index (χ1v) is 11.0. The molecule has 0 spiro atoms. The van der Waals surface area contributed by atoms with Crippen molar-refractivity contribution in [2.24, 2.45) is 0 Å². The molecule has 0 saturated carbocycles. The van der Waals surface area contributed by atoms with Crippen LogP contribution in [0, 0.1) is 0 Å². The number of alkyl halides is 3. The number of nitrogens with one attached hydrogen (secondary N) is 2. The number of hydrogen-bond donors (Lipinski definition) is 2. The number of fused-ring (bicyclic) bond motifs is 1. The van der Waals surface area contributed by atoms with E-state index in [4.69, 9.17) is 9.47 Å². The first-order valence-electron chi connectivity index (χ1n) is 11.0. The fourth-order valence-corrected chi connectivity index (χ4v) is 4.08. The van der Waals surface area contributed by atoms with E-state index in [-0.39, 0.29) is 30.7 Å². The maximum atomic E-state index is 13.3. The molecule has 35 heavy (non-hydrogen) atoms. The van der Waals surface area contributed by atoms with E-state index in [2.05, 4.69) is 20.4 Å². The summed E-state index contributed by atoms with van der Waals surface area (Å²) in [6, 6.07) is 7.42. The number of halogens is 3. The molecule has 3 amide bonds. The highest BCUT2D eigenvalue weighted by Gasteiger charge is 2.32. The third kappa shape index (κ3) is 6.20. The Bertz CT molecular complexity index is 1060. The molecule has 1 fully saturated rings. The zero-order valence-corrected chi connectivity index (χ0v) is 18.9. The van der Waals surface area contributed by atoms with Gasteiger partial charge in [-0.2, -0.15) is 0 Å². The van der Waals surface area contributed by atoms with Gasteiger partial charge in [0.1, 0.15) is 12.3 Å². The summed E-state index contributed by atoms with van der Waals surface area (Å²) < 4.78 is 51.9. The van der Waals surface area contributed by atoms with Gasteiger partial charge in [0.25, 0.3) is 0 Å². The molecule has 0 bridgehead atoms. The predicted molar refractivity (Wildman–Crippen MR) is 119 cm³/mol. The quantitative estimate of drug-likeness (QED) is 0.635. The monoisotopic (exact) mass is 494 g/mol. The van der Waals surface area contributed by atoms with E-state index in [0.29, 0.717) is 30.3 Å². The second kappa shape index (κ2) is 10.5. The summed E-state index contributed by atoms with van der Waals surface area (Å²) in [7, 11) is 1.44. The fraction of sp³-hybridized carbons (Fsp3) is 0.435. The summed E-state index contributed by atoms with van der Waals surface area (Å²) in [5.74, 6) is -0.230. The van der Waals surface area contributed by atoms with Crippen LogP contribution in [0.4, 0.5) is 29.5 Å². The van der Waals surface area contributed by atoms with Gasteiger partial charge in [-0.05, 0) is 42.7 Å². The van der Waals surface area contributed by atoms with E-state index in [0.717, 1.165) is 30.7 Å². The zero-order valence-electron chi connectivity index (χ0n) is 18.9. The molecule has 3 heterocycles. The number of pyridine rings is 1. The Morgan fingerprint density at radius 1 is 1.23 bits per heavy atom. The van der Waals surface area contributed by atoms with E-state index in [9.17, 15) is 22.8 Å². The summed E-state index contributed by atoms with van der Waals surface area (Å²) in [6.45, 7) is 1.08. The molecule has 1 aromatic heterocycles. The molecule has 2 aliphatic heterocycles. The normalized spacial score (nSPS) is 17.4. The predicted octanol–water partition coefficient (Wildman–Crippen LogP) is 3.73. The second-order valence-corrected chi connectivity index (χ2v) is 8.20. The van der Waals surface area contributed by atoms with Crippen molar-refractivity contribution in [2.75, 3.05) is 43.7 Å². The number of anilines is 2. The molecular formula is C23H25F3N4O5. The third-order valence-corrected chi connectivity index (χ3v) is 5.76. The number of carbonyl (C=O) groups excluding carboxylic acids is 2. The second-order valence-electron chi connectivity index (χ2n) is 8.20. The molecule has 188 valence electrons. The smallest absolute Gasteiger partial charge is 0.406 e. The van der Waals surface area contributed by atoms with Crippen molar-refractivity contribution in [1.29, 1.82) is 0 Å². The topological polar surface area (TPSA) is 102 Å². The number of rotatable bonds is 6. The third-order valence-electron chi connectivity index (χ3n) is 5.76. The fourth-order valence-electron chi connectivity index (χ4n) is 4.08. The van der Waals surface area contributed by atoms with Gasteiger partial charge < -0.3 is 24.8 Å². The Labute approximate surface area is 199 Å². The Morgan fingerprint density at radius 3 is 2.60 bits per heavy atom. The number of methoxy groups -OCH3 is 1. The summed E-state index contributed by atoms with van der Waals surface area (Å²) in [5.41, 5.74) is 1.74. The van der Waals surface area contributed by atoms with Crippen molar-refractivity contribution < 1.29 is 37.0 Å². The molecule has 1 unspecified atom stereocenters. The first-order chi connectivity index (χ1) is 16.7. The van der Waals surface area contributed by atoms with Crippen molar-refractivity contribution in [2.45, 2.75) is 31.2 Å². The lowest BCUT2D eigenvalue weighted by Gasteiger charge is -2.31. The minimum absolute atomic E-state index is 0.0493. The van der Waals surface area contributed by atoms with E-state index in [1.54, 1.807) is 6.07 Å². The summed E-state index contributed by atoms with van der Waals surface area (Å²) in [6.07, 6.45) is -3.18. The van der Waals surface area contributed by atoms with Gasteiger partial charge in [0, 0.05) is 31.9 Å². The number of amides is 3. The van der Waals surface area contributed by atoms with Gasteiger partial charge in [0.15, 0.2) is 5.82 Å². The number of hydrogen-bond acceptors (Lipinski definition) is 6. The van der Waals surface area contributed by atoms with Gasteiger partial charge in [0.05, 0.1) is 18.3 Å². The lowest BCUT2D eigenvalue weighted by Crippen LogP contribution is -2.49. The van der Waals surface area contributed by atoms with Gasteiger partial charge >= 0.3 is 12.4 Å². The SMILES string of the molecule is COCC(NC(=O)N1CC(=O)Nc2ccc(C3CCOCC3)nc21)c1ccc(OC(F)(F)F)cc1. The largest absolute Gasteiger partial charge is 0.573 e. The molecule has 9 nitrogen and oxygen atoms in total. The molecule has 2 N–H and O–H groups in total. The molecule has 2 aliphatic rings. The minimum atomic E-state index is -4.81. The number of carbonyl (C=O) groups is 2. The molecule has 1 saturated heterocycles. The van der Waals surface area contributed by atoms with Crippen LogP contribution in [0.5, 0.6) is 5.75 Å². The van der Waals surface area contributed by atoms with Crippen molar-refractivity contribution in [3.63, 3.8) is 0 Å². The summed E-state index contributed by atoms with van der Waals surface area (Å²) in [5, 5.41) is 5.52. The van der Waals surface area contributed by atoms with Crippen molar-refractivity contribution >= 4 is 23.4 Å². The van der Waals surface area contributed by atoms with Crippen LogP contribution in [0.1, 0.15) is 36.1 Å². The van der Waals surface area contributed by atoms with Crippen LogP contribution in [0.25, 0.3) is 0 Å². The molecule has 0 radical (unpaired) electrons. The van der Waals surface area contributed by atoms with Crippen molar-refractivity contribution in [1.82, 2.24) is 10.3 Å². The van der Waals surface area contributed by atoms with Gasteiger partial charge in [-0.15, -0.1) is 13.2 Å². The molecule has 1 atom stereocenters. The molecule has 0 aliphatic carbocycles. The average molecular weight is 494 g/mol. The van der Waals surface area contributed by atoms with Crippen LogP contribution in [-0.2, 0) is 14.3 Å². The van der Waals surface area contributed by atoms with Gasteiger partial charge in [0.2, 0.25) is 5.91 Å². The zero-order chi connectivity index (χ0) is 25.0. The van der Waals surface area contributed by atoms with Crippen LogP contribution in [0.2, 0.25) is 0 Å². The van der Waals surface area contributed by atoms with Crippen LogP contribution < -0.4 is 20.3 Å². The van der Waals surface area contributed by atoms with Crippen LogP contribution in [0.15, 0.2) is 36.4 Å². The van der Waals surface area contributed by atoms with Crippen LogP contribution in [0.3, 0.4) is 0 Å². The lowest BCUT2D eigenvalue weighted by atomic mass is 9.96. The van der Waals surface area contributed by atoms with Gasteiger partial charge in [-0.1, -0.05) is 12.1 Å². The highest BCUT2D eigenvalue weighted by atomic mass is 19.4. The van der Waals surface area contributed by atoms with Crippen LogP contribution in [-0.4, -0.2) is 56.8 Å². The Hall–Kier alpha value is -3.38. The molecule has 2 aromatic rings. The van der Waals surface area contributed by atoms with Gasteiger partial charge in [-0.3, -0.25) is 9.69 Å². The highest BCUT2D eigenvalue weighted by molar-refractivity contribution is 6.08. The molecule has 4 rings (SSSR count). The van der Waals surface area contributed by atoms with Crippen molar-refractivity contribution in [3.05, 3.63) is 47.7 Å². The highest BCUT2D eigenvalue weighted by Crippen LogP contribution is 2.33. The summed E-state index contributed by atoms with van der Waals surface area (Å²) in [4.78, 5) is 31.4.